The van der Waals surface area contributed by atoms with Crippen LogP contribution < -0.4 is 20.9 Å². The first-order valence-corrected chi connectivity index (χ1v) is 9.68. The third-order valence-corrected chi connectivity index (χ3v) is 4.90. The molecule has 156 valence electrons. The summed E-state index contributed by atoms with van der Waals surface area (Å²) in [5.41, 5.74) is 2.29. The van der Waals surface area contributed by atoms with E-state index in [0.29, 0.717) is 37.2 Å². The van der Waals surface area contributed by atoms with Crippen LogP contribution in [0.3, 0.4) is 0 Å². The Morgan fingerprint density at radius 2 is 1.83 bits per heavy atom. The molecule has 2 amide bonds. The van der Waals surface area contributed by atoms with Gasteiger partial charge in [-0.2, -0.15) is 0 Å². The number of ether oxygens (including phenoxy) is 1. The number of nitrogens with zero attached hydrogens (tertiary/aromatic N) is 1. The molecule has 0 unspecified atom stereocenters. The van der Waals surface area contributed by atoms with E-state index in [9.17, 15) is 9.59 Å². The average molecular weight is 408 g/mol. The lowest BCUT2D eigenvalue weighted by Gasteiger charge is -2.37. The van der Waals surface area contributed by atoms with Crippen LogP contribution in [0.4, 0.5) is 0 Å². The second-order valence-corrected chi connectivity index (χ2v) is 7.05. The van der Waals surface area contributed by atoms with Gasteiger partial charge in [0.05, 0.1) is 12.0 Å². The van der Waals surface area contributed by atoms with E-state index in [1.54, 1.807) is 42.1 Å². The van der Waals surface area contributed by atoms with Crippen LogP contribution in [0.2, 0.25) is 0 Å². The zero-order valence-corrected chi connectivity index (χ0v) is 16.5. The van der Waals surface area contributed by atoms with E-state index in [1.165, 1.54) is 0 Å². The van der Waals surface area contributed by atoms with Crippen molar-refractivity contribution in [2.45, 2.75) is 24.8 Å². The fourth-order valence-electron chi connectivity index (χ4n) is 3.31. The molecule has 1 fully saturated rings. The minimum absolute atomic E-state index is 0.0221. The van der Waals surface area contributed by atoms with Crippen molar-refractivity contribution in [3.8, 4) is 17.6 Å². The Morgan fingerprint density at radius 3 is 2.50 bits per heavy atom. The number of carbonyl (C=O) groups excluding carboxylic acids is 2. The Bertz CT molecular complexity index is 914. The van der Waals surface area contributed by atoms with Crippen molar-refractivity contribution >= 4 is 11.8 Å². The maximum atomic E-state index is 12.7. The quantitative estimate of drug-likeness (QED) is 0.325. The van der Waals surface area contributed by atoms with Crippen LogP contribution in [0.1, 0.15) is 35.2 Å². The summed E-state index contributed by atoms with van der Waals surface area (Å²) in [4.78, 5) is 28.4. The summed E-state index contributed by atoms with van der Waals surface area (Å²) in [6, 6.07) is 10.4. The second-order valence-electron chi connectivity index (χ2n) is 7.05. The molecule has 8 nitrogen and oxygen atoms in total. The number of hydrogen-bond acceptors (Lipinski definition) is 6. The summed E-state index contributed by atoms with van der Waals surface area (Å²) in [5.74, 6) is 5.72. The van der Waals surface area contributed by atoms with Crippen LogP contribution in [0.5, 0.6) is 5.75 Å². The highest BCUT2D eigenvalue weighted by Gasteiger charge is 2.36. The first-order chi connectivity index (χ1) is 14.6. The van der Waals surface area contributed by atoms with Gasteiger partial charge in [-0.15, -0.1) is 0 Å². The largest absolute Gasteiger partial charge is 0.481 e. The van der Waals surface area contributed by atoms with Gasteiger partial charge in [-0.25, -0.2) is 5.48 Å². The van der Waals surface area contributed by atoms with Crippen molar-refractivity contribution in [3.63, 3.8) is 0 Å². The van der Waals surface area contributed by atoms with Crippen LogP contribution in [0, 0.1) is 11.8 Å². The standard InChI is InChI=1S/C22H24N4O4/c27-20(26-29)16-22(9-13-24-14-10-22)25-21(28)18-3-5-19(6-4-18)30-15-1-2-17-7-11-23-12-8-17/h3-8,11-12,24,29H,9-10,13-16H2,(H,25,28)(H,26,27). The predicted molar refractivity (Wildman–Crippen MR) is 110 cm³/mol. The molecule has 30 heavy (non-hydrogen) atoms. The van der Waals surface area contributed by atoms with Crippen molar-refractivity contribution < 1.29 is 19.5 Å². The molecule has 0 atom stereocenters. The summed E-state index contributed by atoms with van der Waals surface area (Å²) < 4.78 is 5.59. The SMILES string of the molecule is O=C(CC1(NC(=O)c2ccc(OCC#Cc3ccncc3)cc2)CCNCC1)NO. The summed E-state index contributed by atoms with van der Waals surface area (Å²) in [6.07, 6.45) is 4.58. The number of hydroxylamine groups is 1. The topological polar surface area (TPSA) is 113 Å². The van der Waals surface area contributed by atoms with Crippen LogP contribution in [0.25, 0.3) is 0 Å². The number of nitrogens with one attached hydrogen (secondary N) is 3. The van der Waals surface area contributed by atoms with Gasteiger partial charge < -0.3 is 15.4 Å². The summed E-state index contributed by atoms with van der Waals surface area (Å²) in [6.45, 7) is 1.60. The molecule has 2 heterocycles. The highest BCUT2D eigenvalue weighted by Crippen LogP contribution is 2.23. The normalized spacial score (nSPS) is 14.7. The maximum absolute atomic E-state index is 12.7. The van der Waals surface area contributed by atoms with Gasteiger partial charge in [-0.05, 0) is 62.3 Å². The van der Waals surface area contributed by atoms with E-state index >= 15 is 0 Å². The van der Waals surface area contributed by atoms with Gasteiger partial charge in [0.25, 0.3) is 5.91 Å². The van der Waals surface area contributed by atoms with E-state index in [1.807, 2.05) is 12.1 Å². The van der Waals surface area contributed by atoms with Gasteiger partial charge in [0.1, 0.15) is 12.4 Å². The molecular formula is C22H24N4O4. The molecule has 2 aromatic rings. The molecule has 0 saturated carbocycles. The third-order valence-electron chi connectivity index (χ3n) is 4.90. The fraction of sp³-hybridized carbons (Fsp3) is 0.318. The van der Waals surface area contributed by atoms with Crippen LogP contribution in [-0.4, -0.2) is 47.2 Å². The van der Waals surface area contributed by atoms with Crippen molar-refractivity contribution in [1.29, 1.82) is 0 Å². The lowest BCUT2D eigenvalue weighted by molar-refractivity contribution is -0.130. The number of hydrogen-bond donors (Lipinski definition) is 4. The lowest BCUT2D eigenvalue weighted by Crippen LogP contribution is -2.56. The molecule has 0 bridgehead atoms. The molecule has 8 heteroatoms. The molecule has 1 aliphatic heterocycles. The Kier molecular flexibility index (Phi) is 7.38. The molecule has 1 aliphatic rings. The fourth-order valence-corrected chi connectivity index (χ4v) is 3.31. The van der Waals surface area contributed by atoms with Gasteiger partial charge >= 0.3 is 0 Å². The molecule has 0 radical (unpaired) electrons. The van der Waals surface area contributed by atoms with Crippen LogP contribution in [0.15, 0.2) is 48.8 Å². The number of amides is 2. The second kappa shape index (κ2) is 10.4. The molecule has 1 aromatic carbocycles. The minimum Gasteiger partial charge on any atom is -0.481 e. The highest BCUT2D eigenvalue weighted by atomic mass is 16.5. The number of benzene rings is 1. The van der Waals surface area contributed by atoms with Gasteiger partial charge in [-0.3, -0.25) is 19.8 Å². The van der Waals surface area contributed by atoms with E-state index in [2.05, 4.69) is 27.5 Å². The average Bonchev–Trinajstić information content (AvgIpc) is 2.78. The number of rotatable bonds is 6. The molecule has 4 N–H and O–H groups in total. The van der Waals surface area contributed by atoms with Gasteiger partial charge in [0.2, 0.25) is 5.91 Å². The highest BCUT2D eigenvalue weighted by molar-refractivity contribution is 5.95. The number of carbonyl (C=O) groups is 2. The minimum atomic E-state index is -0.688. The predicted octanol–water partition coefficient (Wildman–Crippen LogP) is 1.26. The number of pyridine rings is 1. The van der Waals surface area contributed by atoms with E-state index < -0.39 is 11.4 Å². The van der Waals surface area contributed by atoms with Crippen molar-refractivity contribution in [1.82, 2.24) is 21.1 Å². The Balaban J connectivity index is 1.57. The molecule has 1 aromatic heterocycles. The van der Waals surface area contributed by atoms with E-state index in [4.69, 9.17) is 9.94 Å². The number of piperidine rings is 1. The first-order valence-electron chi connectivity index (χ1n) is 9.68. The smallest absolute Gasteiger partial charge is 0.251 e. The molecule has 3 rings (SSSR count). The maximum Gasteiger partial charge on any atom is 0.251 e. The third kappa shape index (κ3) is 6.04. The van der Waals surface area contributed by atoms with Crippen molar-refractivity contribution in [2.24, 2.45) is 0 Å². The Morgan fingerprint density at radius 1 is 1.13 bits per heavy atom. The molecular weight excluding hydrogens is 384 g/mol. The molecule has 0 spiro atoms. The van der Waals surface area contributed by atoms with Crippen molar-refractivity contribution in [2.75, 3.05) is 19.7 Å². The van der Waals surface area contributed by atoms with Crippen LogP contribution >= 0.6 is 0 Å². The van der Waals surface area contributed by atoms with Gasteiger partial charge in [0, 0.05) is 23.5 Å². The number of aromatic nitrogens is 1. The zero-order valence-electron chi connectivity index (χ0n) is 16.5. The van der Waals surface area contributed by atoms with Gasteiger partial charge in [-0.1, -0.05) is 11.8 Å². The Hall–Kier alpha value is -3.41. The molecule has 1 saturated heterocycles. The Labute approximate surface area is 175 Å². The lowest BCUT2D eigenvalue weighted by atomic mass is 9.84. The summed E-state index contributed by atoms with van der Waals surface area (Å²) in [5, 5.41) is 15.1. The van der Waals surface area contributed by atoms with Crippen molar-refractivity contribution in [3.05, 3.63) is 59.9 Å². The summed E-state index contributed by atoms with van der Waals surface area (Å²) >= 11 is 0. The zero-order chi connectivity index (χ0) is 21.2. The first kappa shape index (κ1) is 21.3. The van der Waals surface area contributed by atoms with E-state index in [0.717, 1.165) is 5.56 Å². The van der Waals surface area contributed by atoms with Gasteiger partial charge in [0.15, 0.2) is 0 Å². The van der Waals surface area contributed by atoms with E-state index in [-0.39, 0.29) is 18.9 Å². The monoisotopic (exact) mass is 408 g/mol. The summed E-state index contributed by atoms with van der Waals surface area (Å²) in [7, 11) is 0. The van der Waals surface area contributed by atoms with Crippen LogP contribution in [-0.2, 0) is 4.79 Å². The molecule has 0 aliphatic carbocycles.